The van der Waals surface area contributed by atoms with Crippen molar-refractivity contribution >= 4 is 0 Å². The zero-order valence-electron chi connectivity index (χ0n) is 11.9. The van der Waals surface area contributed by atoms with Gasteiger partial charge in [-0.05, 0) is 25.7 Å². The fourth-order valence-corrected chi connectivity index (χ4v) is 3.03. The van der Waals surface area contributed by atoms with Crippen molar-refractivity contribution in [2.45, 2.75) is 57.9 Å². The van der Waals surface area contributed by atoms with Crippen LogP contribution in [-0.2, 0) is 13.5 Å². The number of hydrogen-bond acceptors (Lipinski definition) is 2. The van der Waals surface area contributed by atoms with Crippen LogP contribution in [-0.4, -0.2) is 22.1 Å². The molecular weight excluding hydrogens is 222 g/mol. The van der Waals surface area contributed by atoms with Gasteiger partial charge in [0, 0.05) is 38.4 Å². The number of imidazole rings is 1. The fraction of sp³-hybridized carbons (Fsp3) is 0.800. The van der Waals surface area contributed by atoms with Crippen LogP contribution in [0.4, 0.5) is 0 Å². The lowest BCUT2D eigenvalue weighted by Gasteiger charge is -2.23. The second kappa shape index (κ2) is 6.93. The number of aryl methyl sites for hydroxylation is 1. The van der Waals surface area contributed by atoms with Gasteiger partial charge < -0.3 is 9.88 Å². The third-order valence-corrected chi connectivity index (χ3v) is 4.34. The molecule has 1 fully saturated rings. The van der Waals surface area contributed by atoms with Crippen molar-refractivity contribution in [3.63, 3.8) is 0 Å². The highest BCUT2D eigenvalue weighted by Crippen LogP contribution is 2.25. The first kappa shape index (κ1) is 13.6. The zero-order chi connectivity index (χ0) is 12.8. The van der Waals surface area contributed by atoms with Crippen molar-refractivity contribution in [3.8, 4) is 0 Å². The van der Waals surface area contributed by atoms with E-state index in [-0.39, 0.29) is 0 Å². The molecule has 3 heteroatoms. The Balaban J connectivity index is 1.70. The molecule has 0 aliphatic heterocycles. The van der Waals surface area contributed by atoms with Crippen LogP contribution >= 0.6 is 0 Å². The lowest BCUT2D eigenvalue weighted by molar-refractivity contribution is 0.338. The maximum atomic E-state index is 4.36. The van der Waals surface area contributed by atoms with E-state index in [1.54, 1.807) is 0 Å². The molecule has 0 spiro atoms. The van der Waals surface area contributed by atoms with Crippen molar-refractivity contribution < 1.29 is 0 Å². The summed E-state index contributed by atoms with van der Waals surface area (Å²) >= 11 is 0. The summed E-state index contributed by atoms with van der Waals surface area (Å²) in [7, 11) is 2.07. The first-order valence-electron chi connectivity index (χ1n) is 7.47. The van der Waals surface area contributed by atoms with Gasteiger partial charge in [-0.2, -0.15) is 0 Å². The minimum absolute atomic E-state index is 0.656. The van der Waals surface area contributed by atoms with Gasteiger partial charge in [0.1, 0.15) is 5.82 Å². The predicted molar refractivity (Wildman–Crippen MR) is 75.6 cm³/mol. The van der Waals surface area contributed by atoms with E-state index in [2.05, 4.69) is 28.8 Å². The molecule has 1 N–H and O–H groups in total. The van der Waals surface area contributed by atoms with E-state index in [0.717, 1.165) is 18.9 Å². The first-order valence-corrected chi connectivity index (χ1v) is 7.47. The van der Waals surface area contributed by atoms with Crippen LogP contribution in [0.5, 0.6) is 0 Å². The van der Waals surface area contributed by atoms with Gasteiger partial charge in [-0.3, -0.25) is 0 Å². The van der Waals surface area contributed by atoms with Gasteiger partial charge in [-0.1, -0.05) is 25.7 Å². The molecule has 0 unspecified atom stereocenters. The van der Waals surface area contributed by atoms with Crippen molar-refractivity contribution in [2.24, 2.45) is 13.0 Å². The molecule has 3 nitrogen and oxygen atoms in total. The summed E-state index contributed by atoms with van der Waals surface area (Å²) in [4.78, 5) is 4.36. The van der Waals surface area contributed by atoms with E-state index < -0.39 is 0 Å². The average Bonchev–Trinajstić information content (AvgIpc) is 2.64. The Labute approximate surface area is 111 Å². The van der Waals surface area contributed by atoms with Gasteiger partial charge in [-0.25, -0.2) is 4.98 Å². The molecule has 102 valence electrons. The summed E-state index contributed by atoms with van der Waals surface area (Å²) in [6, 6.07) is 0.656. The van der Waals surface area contributed by atoms with Crippen LogP contribution in [0.2, 0.25) is 0 Å². The molecule has 2 rings (SSSR count). The third kappa shape index (κ3) is 3.84. The monoisotopic (exact) mass is 249 g/mol. The van der Waals surface area contributed by atoms with E-state index in [1.165, 1.54) is 44.3 Å². The van der Waals surface area contributed by atoms with E-state index in [4.69, 9.17) is 0 Å². The maximum Gasteiger partial charge on any atom is 0.109 e. The van der Waals surface area contributed by atoms with Crippen LogP contribution in [0.3, 0.4) is 0 Å². The van der Waals surface area contributed by atoms with Gasteiger partial charge in [0.05, 0.1) is 0 Å². The van der Waals surface area contributed by atoms with Crippen LogP contribution < -0.4 is 5.32 Å². The molecule has 18 heavy (non-hydrogen) atoms. The fourth-order valence-electron chi connectivity index (χ4n) is 3.03. The van der Waals surface area contributed by atoms with E-state index in [0.29, 0.717) is 6.04 Å². The molecule has 1 aromatic heterocycles. The van der Waals surface area contributed by atoms with Gasteiger partial charge >= 0.3 is 0 Å². The Bertz CT molecular complexity index is 337. The van der Waals surface area contributed by atoms with Crippen molar-refractivity contribution in [3.05, 3.63) is 18.2 Å². The van der Waals surface area contributed by atoms with E-state index in [1.807, 2.05) is 12.4 Å². The second-order valence-electron chi connectivity index (χ2n) is 5.70. The molecule has 0 radical (unpaired) electrons. The molecule has 1 atom stereocenters. The molecule has 0 saturated heterocycles. The Hall–Kier alpha value is -0.830. The number of nitrogens with zero attached hydrogens (tertiary/aromatic N) is 2. The second-order valence-corrected chi connectivity index (χ2v) is 5.70. The molecule has 1 aromatic rings. The summed E-state index contributed by atoms with van der Waals surface area (Å²) in [6.07, 6.45) is 13.5. The minimum Gasteiger partial charge on any atom is -0.338 e. The van der Waals surface area contributed by atoms with Crippen LogP contribution in [0, 0.1) is 5.92 Å². The van der Waals surface area contributed by atoms with Gasteiger partial charge in [0.2, 0.25) is 0 Å². The van der Waals surface area contributed by atoms with Crippen LogP contribution in [0.15, 0.2) is 12.4 Å². The molecule has 1 aliphatic rings. The van der Waals surface area contributed by atoms with Gasteiger partial charge in [0.25, 0.3) is 0 Å². The molecule has 1 aliphatic carbocycles. The quantitative estimate of drug-likeness (QED) is 0.813. The Morgan fingerprint density at radius 1 is 1.33 bits per heavy atom. The SMILES string of the molecule is C[C@@H](NCCc1nccn1C)C1CCCCCC1. The minimum atomic E-state index is 0.656. The molecule has 1 heterocycles. The summed E-state index contributed by atoms with van der Waals surface area (Å²) in [5.41, 5.74) is 0. The molecule has 1 saturated carbocycles. The first-order chi connectivity index (χ1) is 8.77. The van der Waals surface area contributed by atoms with Crippen molar-refractivity contribution in [1.82, 2.24) is 14.9 Å². The van der Waals surface area contributed by atoms with Crippen LogP contribution in [0.1, 0.15) is 51.3 Å². The molecule has 0 aromatic carbocycles. The lowest BCUT2D eigenvalue weighted by atomic mass is 9.93. The summed E-state index contributed by atoms with van der Waals surface area (Å²) in [5, 5.41) is 3.69. The standard InChI is InChI=1S/C15H27N3/c1-13(14-7-5-3-4-6-8-14)16-10-9-15-17-11-12-18(15)2/h11-14,16H,3-10H2,1-2H3/t13-/m1/s1. The van der Waals surface area contributed by atoms with Gasteiger partial charge in [0.15, 0.2) is 0 Å². The van der Waals surface area contributed by atoms with Crippen molar-refractivity contribution in [2.75, 3.05) is 6.54 Å². The van der Waals surface area contributed by atoms with E-state index in [9.17, 15) is 0 Å². The predicted octanol–water partition coefficient (Wildman–Crippen LogP) is 2.91. The normalized spacial score (nSPS) is 19.7. The highest BCUT2D eigenvalue weighted by Gasteiger charge is 2.18. The largest absolute Gasteiger partial charge is 0.338 e. The topological polar surface area (TPSA) is 29.9 Å². The van der Waals surface area contributed by atoms with Crippen LogP contribution in [0.25, 0.3) is 0 Å². The molecule has 0 bridgehead atoms. The Kier molecular flexibility index (Phi) is 5.24. The molecule has 0 amide bonds. The highest BCUT2D eigenvalue weighted by atomic mass is 15.0. The zero-order valence-corrected chi connectivity index (χ0v) is 11.9. The van der Waals surface area contributed by atoms with Crippen molar-refractivity contribution in [1.29, 1.82) is 0 Å². The summed E-state index contributed by atoms with van der Waals surface area (Å²) in [6.45, 7) is 3.40. The number of aromatic nitrogens is 2. The smallest absolute Gasteiger partial charge is 0.109 e. The van der Waals surface area contributed by atoms with Gasteiger partial charge in [-0.15, -0.1) is 0 Å². The highest BCUT2D eigenvalue weighted by molar-refractivity contribution is 4.91. The third-order valence-electron chi connectivity index (χ3n) is 4.34. The van der Waals surface area contributed by atoms with E-state index >= 15 is 0 Å². The maximum absolute atomic E-state index is 4.36. The number of hydrogen-bond donors (Lipinski definition) is 1. The Morgan fingerprint density at radius 3 is 2.67 bits per heavy atom. The summed E-state index contributed by atoms with van der Waals surface area (Å²) in [5.74, 6) is 2.06. The number of nitrogens with one attached hydrogen (secondary N) is 1. The summed E-state index contributed by atoms with van der Waals surface area (Å²) < 4.78 is 2.11. The lowest BCUT2D eigenvalue weighted by Crippen LogP contribution is -2.35. The average molecular weight is 249 g/mol. The molecular formula is C15H27N3. The number of rotatable bonds is 5. The Morgan fingerprint density at radius 2 is 2.06 bits per heavy atom.